The maximum atomic E-state index is 11.3. The topological polar surface area (TPSA) is 63.1 Å². The van der Waals surface area contributed by atoms with E-state index in [4.69, 9.17) is 0 Å². The van der Waals surface area contributed by atoms with Gasteiger partial charge in [-0.15, -0.1) is 0 Å². The first-order valence-electron chi connectivity index (χ1n) is 9.61. The number of aryl methyl sites for hydroxylation is 1. The Kier molecular flexibility index (Phi) is 5.54. The van der Waals surface area contributed by atoms with Crippen LogP contribution in [0.2, 0.25) is 0 Å². The van der Waals surface area contributed by atoms with Crippen molar-refractivity contribution in [1.82, 2.24) is 19.7 Å². The Bertz CT molecular complexity index is 924. The molecule has 1 aliphatic heterocycles. The summed E-state index contributed by atoms with van der Waals surface area (Å²) in [5, 5.41) is 11.5. The van der Waals surface area contributed by atoms with E-state index >= 15 is 0 Å². The Hall–Kier alpha value is -2.51. The van der Waals surface area contributed by atoms with Crippen molar-refractivity contribution in [1.29, 1.82) is 0 Å². The van der Waals surface area contributed by atoms with Crippen LogP contribution in [0.15, 0.2) is 41.1 Å². The zero-order chi connectivity index (χ0) is 19.5. The fourth-order valence-corrected chi connectivity index (χ4v) is 4.35. The lowest BCUT2D eigenvalue weighted by atomic mass is 9.95. The van der Waals surface area contributed by atoms with Crippen LogP contribution in [-0.4, -0.2) is 38.7 Å². The predicted molar refractivity (Wildman–Crippen MR) is 112 cm³/mol. The van der Waals surface area contributed by atoms with E-state index in [9.17, 15) is 4.79 Å². The molecule has 3 aromatic rings. The van der Waals surface area contributed by atoms with Gasteiger partial charge in [0.05, 0.1) is 0 Å². The molecule has 6 nitrogen and oxygen atoms in total. The lowest BCUT2D eigenvalue weighted by Crippen LogP contribution is -2.32. The quantitative estimate of drug-likeness (QED) is 0.712. The fourth-order valence-electron chi connectivity index (χ4n) is 3.68. The van der Waals surface area contributed by atoms with Crippen molar-refractivity contribution < 1.29 is 4.79 Å². The Morgan fingerprint density at radius 1 is 1.18 bits per heavy atom. The van der Waals surface area contributed by atoms with Crippen LogP contribution in [0.5, 0.6) is 0 Å². The lowest BCUT2D eigenvalue weighted by molar-refractivity contribution is -0.114. The summed E-state index contributed by atoms with van der Waals surface area (Å²) >= 11 is 1.73. The van der Waals surface area contributed by atoms with Crippen LogP contribution in [0.25, 0.3) is 11.1 Å². The standard InChI is InChI=1S/C21H25N5OS/c1-15(27)22-21-23-20(24-25(21)2)18-7-10-26(11-8-18)13-16-3-5-17(6-4-16)19-9-12-28-14-19/h3-6,9,12,14,18H,7-8,10-11,13H2,1-2H3,(H,22,23,24,27). The predicted octanol–water partition coefficient (Wildman–Crippen LogP) is 3.88. The van der Waals surface area contributed by atoms with Crippen molar-refractivity contribution in [3.8, 4) is 11.1 Å². The van der Waals surface area contributed by atoms with E-state index in [1.54, 1.807) is 16.0 Å². The van der Waals surface area contributed by atoms with Gasteiger partial charge in [0.15, 0.2) is 5.82 Å². The number of benzene rings is 1. The summed E-state index contributed by atoms with van der Waals surface area (Å²) in [6.45, 7) is 4.53. The van der Waals surface area contributed by atoms with Crippen molar-refractivity contribution in [2.75, 3.05) is 18.4 Å². The Morgan fingerprint density at radius 3 is 2.57 bits per heavy atom. The average Bonchev–Trinajstić information content (AvgIpc) is 3.33. The minimum absolute atomic E-state index is 0.123. The van der Waals surface area contributed by atoms with Crippen molar-refractivity contribution in [3.05, 3.63) is 52.5 Å². The molecule has 0 spiro atoms. The van der Waals surface area contributed by atoms with Gasteiger partial charge in [-0.2, -0.15) is 21.4 Å². The van der Waals surface area contributed by atoms with Crippen LogP contribution in [0.3, 0.4) is 0 Å². The van der Waals surface area contributed by atoms with Gasteiger partial charge in [0.25, 0.3) is 0 Å². The molecule has 4 rings (SSSR count). The normalized spacial score (nSPS) is 15.6. The number of anilines is 1. The van der Waals surface area contributed by atoms with Gasteiger partial charge >= 0.3 is 0 Å². The second-order valence-electron chi connectivity index (χ2n) is 7.36. The van der Waals surface area contributed by atoms with E-state index in [0.29, 0.717) is 11.9 Å². The summed E-state index contributed by atoms with van der Waals surface area (Å²) in [5.74, 6) is 1.59. The van der Waals surface area contributed by atoms with Crippen LogP contribution in [0.1, 0.15) is 37.1 Å². The minimum Gasteiger partial charge on any atom is -0.299 e. The number of hydrogen-bond acceptors (Lipinski definition) is 5. The van der Waals surface area contributed by atoms with Gasteiger partial charge in [-0.3, -0.25) is 15.0 Å². The fraction of sp³-hybridized carbons (Fsp3) is 0.381. The molecule has 1 aliphatic rings. The zero-order valence-electron chi connectivity index (χ0n) is 16.3. The molecule has 0 atom stereocenters. The monoisotopic (exact) mass is 395 g/mol. The van der Waals surface area contributed by atoms with Crippen LogP contribution in [0.4, 0.5) is 5.95 Å². The number of carbonyl (C=O) groups excluding carboxylic acids is 1. The van der Waals surface area contributed by atoms with Gasteiger partial charge in [0.1, 0.15) is 0 Å². The molecule has 1 amide bonds. The first-order valence-corrected chi connectivity index (χ1v) is 10.5. The second kappa shape index (κ2) is 8.24. The maximum Gasteiger partial charge on any atom is 0.227 e. The molecule has 28 heavy (non-hydrogen) atoms. The van der Waals surface area contributed by atoms with Crippen molar-refractivity contribution in [2.45, 2.75) is 32.2 Å². The van der Waals surface area contributed by atoms with E-state index in [1.165, 1.54) is 23.6 Å². The first kappa shape index (κ1) is 18.8. The lowest BCUT2D eigenvalue weighted by Gasteiger charge is -2.30. The third kappa shape index (κ3) is 4.31. The van der Waals surface area contributed by atoms with Gasteiger partial charge in [-0.05, 0) is 59.4 Å². The molecule has 1 fully saturated rings. The third-order valence-electron chi connectivity index (χ3n) is 5.23. The van der Waals surface area contributed by atoms with Crippen LogP contribution >= 0.6 is 11.3 Å². The molecule has 0 saturated carbocycles. The van der Waals surface area contributed by atoms with Crippen molar-refractivity contribution in [2.24, 2.45) is 7.05 Å². The van der Waals surface area contributed by atoms with E-state index in [2.05, 4.69) is 61.4 Å². The molecule has 0 bridgehead atoms. The van der Waals surface area contributed by atoms with Gasteiger partial charge in [-0.1, -0.05) is 24.3 Å². The molecule has 7 heteroatoms. The number of hydrogen-bond donors (Lipinski definition) is 1. The van der Waals surface area contributed by atoms with Gasteiger partial charge in [-0.25, -0.2) is 4.68 Å². The first-order chi connectivity index (χ1) is 13.6. The number of aromatic nitrogens is 3. The Balaban J connectivity index is 1.32. The number of piperidine rings is 1. The second-order valence-corrected chi connectivity index (χ2v) is 8.14. The summed E-state index contributed by atoms with van der Waals surface area (Å²) in [5.41, 5.74) is 3.92. The summed E-state index contributed by atoms with van der Waals surface area (Å²) in [6, 6.07) is 11.1. The van der Waals surface area contributed by atoms with Gasteiger partial charge in [0, 0.05) is 26.4 Å². The summed E-state index contributed by atoms with van der Waals surface area (Å²) in [7, 11) is 1.82. The number of nitrogens with zero attached hydrogens (tertiary/aromatic N) is 4. The highest BCUT2D eigenvalue weighted by Gasteiger charge is 2.24. The molecular weight excluding hydrogens is 370 g/mol. The highest BCUT2D eigenvalue weighted by atomic mass is 32.1. The number of nitrogens with one attached hydrogen (secondary N) is 1. The maximum absolute atomic E-state index is 11.3. The van der Waals surface area contributed by atoms with Crippen molar-refractivity contribution >= 4 is 23.2 Å². The molecule has 1 N–H and O–H groups in total. The average molecular weight is 396 g/mol. The van der Waals surface area contributed by atoms with Crippen LogP contribution < -0.4 is 5.32 Å². The zero-order valence-corrected chi connectivity index (χ0v) is 17.1. The SMILES string of the molecule is CC(=O)Nc1nc(C2CCN(Cc3ccc(-c4ccsc4)cc3)CC2)nn1C. The molecule has 1 aromatic carbocycles. The van der Waals surface area contributed by atoms with Crippen LogP contribution in [0, 0.1) is 0 Å². The molecular formula is C21H25N5OS. The van der Waals surface area contributed by atoms with E-state index in [1.807, 2.05) is 7.05 Å². The summed E-state index contributed by atoms with van der Waals surface area (Å²) in [4.78, 5) is 18.3. The Labute approximate surface area is 169 Å². The largest absolute Gasteiger partial charge is 0.299 e. The smallest absolute Gasteiger partial charge is 0.227 e. The number of rotatable bonds is 5. The minimum atomic E-state index is -0.123. The molecule has 0 aliphatic carbocycles. The number of likely N-dealkylation sites (tertiary alicyclic amines) is 1. The van der Waals surface area contributed by atoms with E-state index in [-0.39, 0.29) is 5.91 Å². The highest BCUT2D eigenvalue weighted by Crippen LogP contribution is 2.28. The Morgan fingerprint density at radius 2 is 1.93 bits per heavy atom. The van der Waals surface area contributed by atoms with Crippen molar-refractivity contribution in [3.63, 3.8) is 0 Å². The van der Waals surface area contributed by atoms with E-state index < -0.39 is 0 Å². The van der Waals surface area contributed by atoms with Gasteiger partial charge in [0.2, 0.25) is 11.9 Å². The van der Waals surface area contributed by atoms with Crippen LogP contribution in [-0.2, 0) is 18.4 Å². The molecule has 3 heterocycles. The molecule has 1 saturated heterocycles. The molecule has 0 radical (unpaired) electrons. The molecule has 2 aromatic heterocycles. The van der Waals surface area contributed by atoms with Gasteiger partial charge < -0.3 is 0 Å². The number of thiophene rings is 1. The molecule has 0 unspecified atom stereocenters. The molecule has 146 valence electrons. The number of carbonyl (C=O) groups is 1. The highest BCUT2D eigenvalue weighted by molar-refractivity contribution is 7.08. The summed E-state index contributed by atoms with van der Waals surface area (Å²) < 4.78 is 1.65. The summed E-state index contributed by atoms with van der Waals surface area (Å²) in [6.07, 6.45) is 2.08. The van der Waals surface area contributed by atoms with E-state index in [0.717, 1.165) is 38.3 Å². The third-order valence-corrected chi connectivity index (χ3v) is 5.92. The number of amides is 1.